The Morgan fingerprint density at radius 2 is 2.19 bits per heavy atom. The highest BCUT2D eigenvalue weighted by Gasteiger charge is 2.05. The van der Waals surface area contributed by atoms with E-state index in [1.54, 1.807) is 22.7 Å². The van der Waals surface area contributed by atoms with Gasteiger partial charge in [-0.2, -0.15) is 0 Å². The Hall–Kier alpha value is -0.780. The van der Waals surface area contributed by atoms with Crippen LogP contribution in [-0.4, -0.2) is 9.97 Å². The Balaban J connectivity index is 1.81. The minimum Gasteiger partial charge on any atom is -0.305 e. The molecule has 1 N–H and O–H groups in total. The van der Waals surface area contributed by atoms with Crippen LogP contribution < -0.4 is 5.32 Å². The van der Waals surface area contributed by atoms with Gasteiger partial charge in [-0.1, -0.05) is 13.8 Å². The van der Waals surface area contributed by atoms with E-state index >= 15 is 0 Å². The Morgan fingerprint density at radius 3 is 2.81 bits per heavy atom. The Kier molecular flexibility index (Phi) is 4.04. The molecule has 0 aromatic carbocycles. The number of aromatic nitrogens is 2. The second-order valence-electron chi connectivity index (χ2n) is 3.90. The predicted molar refractivity (Wildman–Crippen MR) is 68.9 cm³/mol. The van der Waals surface area contributed by atoms with E-state index in [1.807, 2.05) is 5.51 Å². The number of rotatable bonds is 5. The summed E-state index contributed by atoms with van der Waals surface area (Å²) in [6.45, 7) is 5.98. The molecular formula is C11H15N3S2. The van der Waals surface area contributed by atoms with Crippen LogP contribution in [-0.2, 0) is 13.1 Å². The maximum absolute atomic E-state index is 4.57. The highest BCUT2D eigenvalue weighted by Crippen LogP contribution is 2.17. The van der Waals surface area contributed by atoms with Crippen LogP contribution in [0.5, 0.6) is 0 Å². The van der Waals surface area contributed by atoms with Crippen molar-refractivity contribution < 1.29 is 0 Å². The molecule has 0 saturated carbocycles. The van der Waals surface area contributed by atoms with Crippen LogP contribution in [0.3, 0.4) is 0 Å². The number of nitrogens with zero attached hydrogens (tertiary/aromatic N) is 2. The van der Waals surface area contributed by atoms with Crippen molar-refractivity contribution in [1.82, 2.24) is 15.3 Å². The van der Waals surface area contributed by atoms with Gasteiger partial charge in [0.1, 0.15) is 5.01 Å². The molecule has 0 aliphatic rings. The normalized spacial score (nSPS) is 11.2. The Bertz CT molecular complexity index is 420. The van der Waals surface area contributed by atoms with Crippen molar-refractivity contribution in [3.8, 4) is 0 Å². The largest absolute Gasteiger partial charge is 0.305 e. The summed E-state index contributed by atoms with van der Waals surface area (Å²) in [5.41, 5.74) is 4.15. The summed E-state index contributed by atoms with van der Waals surface area (Å²) in [4.78, 5) is 8.79. The summed E-state index contributed by atoms with van der Waals surface area (Å²) in [7, 11) is 0. The third-order valence-corrected chi connectivity index (χ3v) is 3.73. The summed E-state index contributed by atoms with van der Waals surface area (Å²) < 4.78 is 0. The first-order chi connectivity index (χ1) is 7.75. The van der Waals surface area contributed by atoms with Gasteiger partial charge in [0.25, 0.3) is 0 Å². The lowest BCUT2D eigenvalue weighted by Gasteiger charge is -2.00. The van der Waals surface area contributed by atoms with Crippen molar-refractivity contribution in [2.45, 2.75) is 32.9 Å². The van der Waals surface area contributed by atoms with Crippen molar-refractivity contribution in [3.05, 3.63) is 32.7 Å². The molecule has 2 rings (SSSR count). The van der Waals surface area contributed by atoms with Crippen LogP contribution in [0.4, 0.5) is 0 Å². The molecule has 0 spiro atoms. The van der Waals surface area contributed by atoms with Gasteiger partial charge >= 0.3 is 0 Å². The smallest absolute Gasteiger partial charge is 0.107 e. The van der Waals surface area contributed by atoms with Crippen molar-refractivity contribution in [1.29, 1.82) is 0 Å². The van der Waals surface area contributed by atoms with E-state index in [9.17, 15) is 0 Å². The molecule has 3 nitrogen and oxygen atoms in total. The average molecular weight is 253 g/mol. The van der Waals surface area contributed by atoms with Crippen LogP contribution in [0.15, 0.2) is 16.3 Å². The van der Waals surface area contributed by atoms with Gasteiger partial charge in [-0.3, -0.25) is 0 Å². The molecule has 0 atom stereocenters. The molecule has 2 aromatic rings. The first kappa shape index (κ1) is 11.7. The summed E-state index contributed by atoms with van der Waals surface area (Å²) in [5, 5.41) is 8.71. The van der Waals surface area contributed by atoms with Gasteiger partial charge in [0.2, 0.25) is 0 Å². The fourth-order valence-corrected chi connectivity index (χ4v) is 2.78. The molecule has 0 saturated heterocycles. The van der Waals surface area contributed by atoms with Crippen molar-refractivity contribution in [2.75, 3.05) is 0 Å². The van der Waals surface area contributed by atoms with Crippen LogP contribution in [0.2, 0.25) is 0 Å². The molecule has 2 heterocycles. The highest BCUT2D eigenvalue weighted by atomic mass is 32.1. The molecule has 0 unspecified atom stereocenters. The highest BCUT2D eigenvalue weighted by molar-refractivity contribution is 7.09. The molecule has 0 aliphatic carbocycles. The van der Waals surface area contributed by atoms with E-state index in [1.165, 1.54) is 5.69 Å². The van der Waals surface area contributed by atoms with Crippen molar-refractivity contribution in [3.63, 3.8) is 0 Å². The number of hydrogen-bond acceptors (Lipinski definition) is 5. The number of thiazole rings is 2. The SMILES string of the molecule is CC(C)c1csc(CNCc2cscn2)n1. The standard InChI is InChI=1S/C11H15N3S2/c1-8(2)10-6-16-11(14-10)4-12-3-9-5-15-7-13-9/h5-8,12H,3-4H2,1-2H3. The Morgan fingerprint density at radius 1 is 1.31 bits per heavy atom. The molecule has 5 heteroatoms. The van der Waals surface area contributed by atoms with E-state index in [0.29, 0.717) is 5.92 Å². The fraction of sp³-hybridized carbons (Fsp3) is 0.455. The lowest BCUT2D eigenvalue weighted by molar-refractivity contribution is 0.675. The van der Waals surface area contributed by atoms with Gasteiger partial charge in [-0.15, -0.1) is 22.7 Å². The zero-order valence-electron chi connectivity index (χ0n) is 9.43. The zero-order valence-corrected chi connectivity index (χ0v) is 11.1. The van der Waals surface area contributed by atoms with Crippen molar-refractivity contribution in [2.24, 2.45) is 0 Å². The van der Waals surface area contributed by atoms with Gasteiger partial charge in [-0.25, -0.2) is 9.97 Å². The summed E-state index contributed by atoms with van der Waals surface area (Å²) in [6.07, 6.45) is 0. The second-order valence-corrected chi connectivity index (χ2v) is 5.57. The lowest BCUT2D eigenvalue weighted by atomic mass is 10.2. The molecule has 0 aliphatic heterocycles. The van der Waals surface area contributed by atoms with E-state index in [2.05, 4.69) is 39.9 Å². The van der Waals surface area contributed by atoms with Crippen molar-refractivity contribution >= 4 is 22.7 Å². The van der Waals surface area contributed by atoms with E-state index in [4.69, 9.17) is 0 Å². The van der Waals surface area contributed by atoms with Gasteiger partial charge in [0.15, 0.2) is 0 Å². The maximum Gasteiger partial charge on any atom is 0.107 e. The molecule has 0 fully saturated rings. The molecular weight excluding hydrogens is 238 g/mol. The molecule has 0 amide bonds. The van der Waals surface area contributed by atoms with Crippen LogP contribution in [0.25, 0.3) is 0 Å². The first-order valence-electron chi connectivity index (χ1n) is 5.28. The number of nitrogens with one attached hydrogen (secondary N) is 1. The fourth-order valence-electron chi connectivity index (χ4n) is 1.29. The molecule has 0 radical (unpaired) electrons. The van der Waals surface area contributed by atoms with Gasteiger partial charge < -0.3 is 5.32 Å². The maximum atomic E-state index is 4.57. The summed E-state index contributed by atoms with van der Waals surface area (Å²) in [5.74, 6) is 0.517. The van der Waals surface area contributed by atoms with Gasteiger partial charge in [0, 0.05) is 23.8 Å². The number of hydrogen-bond donors (Lipinski definition) is 1. The first-order valence-corrected chi connectivity index (χ1v) is 7.10. The van der Waals surface area contributed by atoms with Gasteiger partial charge in [0.05, 0.1) is 16.9 Å². The summed E-state index contributed by atoms with van der Waals surface area (Å²) in [6, 6.07) is 0. The third-order valence-electron chi connectivity index (χ3n) is 2.23. The topological polar surface area (TPSA) is 37.8 Å². The summed E-state index contributed by atoms with van der Waals surface area (Å²) >= 11 is 3.35. The molecule has 2 aromatic heterocycles. The van der Waals surface area contributed by atoms with E-state index in [-0.39, 0.29) is 0 Å². The third kappa shape index (κ3) is 3.10. The quantitative estimate of drug-likeness (QED) is 0.890. The van der Waals surface area contributed by atoms with Gasteiger partial charge in [-0.05, 0) is 5.92 Å². The monoisotopic (exact) mass is 253 g/mol. The van der Waals surface area contributed by atoms with Crippen LogP contribution >= 0.6 is 22.7 Å². The predicted octanol–water partition coefficient (Wildman–Crippen LogP) is 3.01. The minimum absolute atomic E-state index is 0.517. The minimum atomic E-state index is 0.517. The lowest BCUT2D eigenvalue weighted by Crippen LogP contribution is -2.12. The second kappa shape index (κ2) is 5.52. The molecule has 16 heavy (non-hydrogen) atoms. The van der Waals surface area contributed by atoms with E-state index in [0.717, 1.165) is 23.8 Å². The Labute approximate surface area is 104 Å². The zero-order chi connectivity index (χ0) is 11.4. The van der Waals surface area contributed by atoms with Crippen LogP contribution in [0.1, 0.15) is 36.2 Å². The molecule has 0 bridgehead atoms. The average Bonchev–Trinajstić information content (AvgIpc) is 2.87. The van der Waals surface area contributed by atoms with E-state index < -0.39 is 0 Å². The molecule has 86 valence electrons. The van der Waals surface area contributed by atoms with Crippen LogP contribution in [0, 0.1) is 0 Å².